The topological polar surface area (TPSA) is 150 Å². The predicted octanol–water partition coefficient (Wildman–Crippen LogP) is 3.76. The van der Waals surface area contributed by atoms with Crippen LogP contribution < -0.4 is 15.2 Å². The van der Waals surface area contributed by atoms with Gasteiger partial charge in [-0.25, -0.2) is 17.8 Å². The van der Waals surface area contributed by atoms with Crippen molar-refractivity contribution in [3.63, 3.8) is 0 Å². The first-order valence-electron chi connectivity index (χ1n) is 12.1. The number of nitrogens with zero attached hydrogens (tertiary/aromatic N) is 5. The molecule has 15 heteroatoms. The van der Waals surface area contributed by atoms with Crippen LogP contribution in [0, 0.1) is 5.82 Å². The Bertz CT molecular complexity index is 1820. The number of rotatable bonds is 10. The van der Waals surface area contributed by atoms with Crippen LogP contribution in [0.4, 0.5) is 24.7 Å². The molecule has 0 saturated carbocycles. The number of hydrogen-bond acceptors (Lipinski definition) is 8. The molecule has 0 amide bonds. The first-order valence-corrected chi connectivity index (χ1v) is 13.7. The minimum absolute atomic E-state index is 0.0668. The van der Waals surface area contributed by atoms with E-state index in [4.69, 9.17) is 10.5 Å². The molecule has 41 heavy (non-hydrogen) atoms. The number of alkyl halides is 2. The third-order valence-corrected chi connectivity index (χ3v) is 7.19. The van der Waals surface area contributed by atoms with E-state index in [1.807, 2.05) is 4.72 Å². The van der Waals surface area contributed by atoms with Gasteiger partial charge in [-0.05, 0) is 29.8 Å². The normalized spacial score (nSPS) is 11.9. The summed E-state index contributed by atoms with van der Waals surface area (Å²) >= 11 is 0. The van der Waals surface area contributed by atoms with E-state index in [2.05, 4.69) is 15.2 Å². The molecule has 214 valence electrons. The highest BCUT2D eigenvalue weighted by atomic mass is 32.2. The molecule has 0 bridgehead atoms. The van der Waals surface area contributed by atoms with Crippen molar-refractivity contribution in [1.29, 1.82) is 0 Å². The summed E-state index contributed by atoms with van der Waals surface area (Å²) in [6.07, 6.45) is 4.96. The molecule has 2 aromatic carbocycles. The molecular weight excluding hydrogens is 563 g/mol. The smallest absolute Gasteiger partial charge is 0.355 e. The zero-order chi connectivity index (χ0) is 29.3. The van der Waals surface area contributed by atoms with Gasteiger partial charge in [-0.15, -0.1) is 0 Å². The van der Waals surface area contributed by atoms with E-state index in [0.717, 1.165) is 0 Å². The molecule has 0 fully saturated rings. The van der Waals surface area contributed by atoms with Crippen molar-refractivity contribution >= 4 is 32.4 Å². The van der Waals surface area contributed by atoms with Gasteiger partial charge in [0, 0.05) is 36.1 Å². The molecule has 0 radical (unpaired) electrons. The second-order valence-electron chi connectivity index (χ2n) is 9.00. The number of nitrogen functional groups attached to an aromatic ring is 1. The largest absolute Gasteiger partial charge is 0.487 e. The maximum absolute atomic E-state index is 13.3. The van der Waals surface area contributed by atoms with Crippen LogP contribution in [0.15, 0.2) is 61.1 Å². The Morgan fingerprint density at radius 1 is 1.12 bits per heavy atom. The van der Waals surface area contributed by atoms with Gasteiger partial charge in [0.1, 0.15) is 29.7 Å². The van der Waals surface area contributed by atoms with Gasteiger partial charge in [-0.3, -0.25) is 14.1 Å². The standard InChI is InChI=1S/C26H24F3N7O4S/c1-35-24-19(17-11-32-36(13-17)8-9-37)12-31-25(30)22(24)23(33-35)16-4-7-20(34-41(38,39)26(28)29)21(10-16)40-14-15-2-5-18(27)6-3-15/h2-7,10-13,26,34,37H,8-9,14H2,1H3,(H2,30,31). The number of fused-ring (bicyclic) bond motifs is 1. The van der Waals surface area contributed by atoms with Crippen molar-refractivity contribution in [2.24, 2.45) is 7.05 Å². The van der Waals surface area contributed by atoms with E-state index in [9.17, 15) is 26.7 Å². The van der Waals surface area contributed by atoms with Gasteiger partial charge in [-0.1, -0.05) is 18.2 Å². The average Bonchev–Trinajstić information content (AvgIpc) is 3.54. The number of aromatic nitrogens is 5. The van der Waals surface area contributed by atoms with Crippen LogP contribution in [0.5, 0.6) is 5.75 Å². The van der Waals surface area contributed by atoms with E-state index in [1.165, 1.54) is 42.5 Å². The summed E-state index contributed by atoms with van der Waals surface area (Å²) in [4.78, 5) is 4.33. The van der Waals surface area contributed by atoms with E-state index in [-0.39, 0.29) is 30.5 Å². The van der Waals surface area contributed by atoms with Crippen LogP contribution in [0.2, 0.25) is 0 Å². The van der Waals surface area contributed by atoms with Gasteiger partial charge in [0.25, 0.3) is 10.0 Å². The lowest BCUT2D eigenvalue weighted by Crippen LogP contribution is -2.21. The number of aliphatic hydroxyl groups excluding tert-OH is 1. The fourth-order valence-corrected chi connectivity index (χ4v) is 4.85. The molecule has 5 aromatic rings. The SMILES string of the molecule is Cn1nc(-c2ccc(NS(=O)(=O)C(F)F)c(OCc3ccc(F)cc3)c2)c2c(N)ncc(-c3cnn(CCO)c3)c21. The molecule has 0 spiro atoms. The summed E-state index contributed by atoms with van der Waals surface area (Å²) in [5.41, 5.74) is 9.46. The van der Waals surface area contributed by atoms with Crippen LogP contribution >= 0.6 is 0 Å². The second-order valence-corrected chi connectivity index (χ2v) is 10.7. The molecule has 0 aliphatic heterocycles. The Balaban J connectivity index is 1.60. The third-order valence-electron chi connectivity index (χ3n) is 6.21. The highest BCUT2D eigenvalue weighted by Gasteiger charge is 2.26. The van der Waals surface area contributed by atoms with Crippen LogP contribution in [-0.4, -0.2) is 50.4 Å². The van der Waals surface area contributed by atoms with Crippen molar-refractivity contribution in [2.45, 2.75) is 18.9 Å². The molecule has 0 unspecified atom stereocenters. The van der Waals surface area contributed by atoms with Crippen molar-refractivity contribution in [3.05, 3.63) is 72.4 Å². The number of benzene rings is 2. The van der Waals surface area contributed by atoms with Crippen molar-refractivity contribution in [3.8, 4) is 28.1 Å². The number of nitrogens with two attached hydrogens (primary N) is 1. The Morgan fingerprint density at radius 2 is 1.88 bits per heavy atom. The van der Waals surface area contributed by atoms with Crippen molar-refractivity contribution in [2.75, 3.05) is 17.1 Å². The van der Waals surface area contributed by atoms with Gasteiger partial charge in [0.05, 0.1) is 35.9 Å². The zero-order valence-electron chi connectivity index (χ0n) is 21.5. The Hall–Kier alpha value is -4.63. The van der Waals surface area contributed by atoms with E-state index >= 15 is 0 Å². The fraction of sp³-hybridized carbons (Fsp3) is 0.192. The molecule has 5 rings (SSSR count). The number of halogens is 3. The van der Waals surface area contributed by atoms with Crippen molar-refractivity contribution in [1.82, 2.24) is 24.5 Å². The van der Waals surface area contributed by atoms with Crippen LogP contribution in [-0.2, 0) is 30.2 Å². The van der Waals surface area contributed by atoms with Crippen LogP contribution in [0.3, 0.4) is 0 Å². The van der Waals surface area contributed by atoms with E-state index in [0.29, 0.717) is 45.4 Å². The second kappa shape index (κ2) is 11.1. The summed E-state index contributed by atoms with van der Waals surface area (Å²) in [7, 11) is -3.29. The lowest BCUT2D eigenvalue weighted by molar-refractivity contribution is 0.236. The summed E-state index contributed by atoms with van der Waals surface area (Å²) < 4.78 is 74.3. The number of nitrogens with one attached hydrogen (secondary N) is 1. The fourth-order valence-electron chi connectivity index (χ4n) is 4.29. The first-order chi connectivity index (χ1) is 19.6. The van der Waals surface area contributed by atoms with E-state index in [1.54, 1.807) is 35.0 Å². The minimum atomic E-state index is -5.00. The maximum Gasteiger partial charge on any atom is 0.355 e. The molecule has 3 aromatic heterocycles. The lowest BCUT2D eigenvalue weighted by Gasteiger charge is -2.15. The van der Waals surface area contributed by atoms with Gasteiger partial charge in [0.15, 0.2) is 0 Å². The molecule has 0 aliphatic carbocycles. The Morgan fingerprint density at radius 3 is 2.59 bits per heavy atom. The summed E-state index contributed by atoms with van der Waals surface area (Å²) in [6, 6.07) is 9.63. The molecule has 0 saturated heterocycles. The van der Waals surface area contributed by atoms with Gasteiger partial charge in [-0.2, -0.15) is 19.0 Å². The first kappa shape index (κ1) is 27.9. The number of aliphatic hydroxyl groups is 1. The van der Waals surface area contributed by atoms with Crippen LogP contribution in [0.25, 0.3) is 33.3 Å². The summed E-state index contributed by atoms with van der Waals surface area (Å²) in [5, 5.41) is 18.6. The third kappa shape index (κ3) is 5.67. The average molecular weight is 588 g/mol. The number of aryl methyl sites for hydroxylation is 1. The zero-order valence-corrected chi connectivity index (χ0v) is 22.3. The number of pyridine rings is 1. The monoisotopic (exact) mass is 587 g/mol. The van der Waals surface area contributed by atoms with E-state index < -0.39 is 21.6 Å². The molecule has 4 N–H and O–H groups in total. The molecule has 11 nitrogen and oxygen atoms in total. The summed E-state index contributed by atoms with van der Waals surface area (Å²) in [6.45, 7) is 0.119. The number of hydrogen-bond donors (Lipinski definition) is 3. The highest BCUT2D eigenvalue weighted by Crippen LogP contribution is 2.39. The minimum Gasteiger partial charge on any atom is -0.487 e. The predicted molar refractivity (Wildman–Crippen MR) is 146 cm³/mol. The van der Waals surface area contributed by atoms with Gasteiger partial charge in [0.2, 0.25) is 0 Å². The van der Waals surface area contributed by atoms with Crippen LogP contribution in [0.1, 0.15) is 5.56 Å². The molecular formula is C26H24F3N7O4S. The number of anilines is 2. The Labute approximate surface area is 232 Å². The summed E-state index contributed by atoms with van der Waals surface area (Å²) in [5.74, 6) is -4.01. The van der Waals surface area contributed by atoms with Gasteiger partial charge >= 0.3 is 5.76 Å². The van der Waals surface area contributed by atoms with Gasteiger partial charge < -0.3 is 15.6 Å². The molecule has 3 heterocycles. The maximum atomic E-state index is 13.3. The van der Waals surface area contributed by atoms with Crippen molar-refractivity contribution < 1.29 is 31.4 Å². The lowest BCUT2D eigenvalue weighted by atomic mass is 10.0. The quantitative estimate of drug-likeness (QED) is 0.224. The number of sulfonamides is 1. The number of ether oxygens (including phenoxy) is 1. The molecule has 0 atom stereocenters. The Kier molecular flexibility index (Phi) is 7.55. The highest BCUT2D eigenvalue weighted by molar-refractivity contribution is 7.93. The molecule has 0 aliphatic rings.